The van der Waals surface area contributed by atoms with E-state index in [1.165, 1.54) is 16.3 Å². The standard InChI is InChI=1S/C20H21N3O/c21-18-7-3-4-8-20(18)24-13-17-12-19(23-22-17)16-10-9-14-5-1-2-6-15(14)11-16/h1-11,17,19,22-23H,12-13,21H2. The van der Waals surface area contributed by atoms with Gasteiger partial charge in [0.25, 0.3) is 0 Å². The molecule has 2 unspecified atom stereocenters. The number of nitrogens with two attached hydrogens (primary N) is 1. The highest BCUT2D eigenvalue weighted by Crippen LogP contribution is 2.27. The van der Waals surface area contributed by atoms with E-state index in [0.29, 0.717) is 12.3 Å². The topological polar surface area (TPSA) is 59.3 Å². The number of nitrogen functional groups attached to an aromatic ring is 1. The monoisotopic (exact) mass is 319 g/mol. The van der Waals surface area contributed by atoms with Crippen LogP contribution in [0.3, 0.4) is 0 Å². The minimum atomic E-state index is 0.251. The third-order valence-electron chi connectivity index (χ3n) is 4.52. The highest BCUT2D eigenvalue weighted by Gasteiger charge is 2.25. The molecular formula is C20H21N3O. The second-order valence-electron chi connectivity index (χ2n) is 6.23. The van der Waals surface area contributed by atoms with Crippen LogP contribution in [0, 0.1) is 0 Å². The van der Waals surface area contributed by atoms with Gasteiger partial charge < -0.3 is 10.5 Å². The van der Waals surface area contributed by atoms with Crippen LogP contribution in [-0.2, 0) is 0 Å². The van der Waals surface area contributed by atoms with Crippen LogP contribution in [0.4, 0.5) is 5.69 Å². The number of ether oxygens (including phenoxy) is 1. The Morgan fingerprint density at radius 2 is 1.71 bits per heavy atom. The fourth-order valence-corrected chi connectivity index (χ4v) is 3.18. The zero-order valence-corrected chi connectivity index (χ0v) is 13.4. The summed E-state index contributed by atoms with van der Waals surface area (Å²) in [5.74, 6) is 0.744. The molecule has 122 valence electrons. The first-order valence-electron chi connectivity index (χ1n) is 8.26. The molecule has 0 bridgehead atoms. The predicted octanol–water partition coefficient (Wildman–Crippen LogP) is 3.41. The largest absolute Gasteiger partial charge is 0.490 e. The summed E-state index contributed by atoms with van der Waals surface area (Å²) in [6.07, 6.45) is 0.977. The normalized spacial score (nSPS) is 20.3. The minimum Gasteiger partial charge on any atom is -0.490 e. The predicted molar refractivity (Wildman–Crippen MR) is 97.7 cm³/mol. The van der Waals surface area contributed by atoms with E-state index >= 15 is 0 Å². The number of para-hydroxylation sites is 2. The zero-order valence-electron chi connectivity index (χ0n) is 13.4. The lowest BCUT2D eigenvalue weighted by Crippen LogP contribution is -2.34. The van der Waals surface area contributed by atoms with Gasteiger partial charge in [-0.05, 0) is 41.0 Å². The summed E-state index contributed by atoms with van der Waals surface area (Å²) in [5.41, 5.74) is 14.6. The van der Waals surface area contributed by atoms with Gasteiger partial charge in [0.15, 0.2) is 0 Å². The van der Waals surface area contributed by atoms with Crippen molar-refractivity contribution in [3.63, 3.8) is 0 Å². The number of hydrazine groups is 1. The summed E-state index contributed by atoms with van der Waals surface area (Å²) in [5, 5.41) is 2.54. The molecule has 24 heavy (non-hydrogen) atoms. The number of fused-ring (bicyclic) bond motifs is 1. The Balaban J connectivity index is 1.41. The van der Waals surface area contributed by atoms with Crippen molar-refractivity contribution in [2.75, 3.05) is 12.3 Å². The Labute approximate surface area is 141 Å². The molecule has 4 rings (SSSR count). The summed E-state index contributed by atoms with van der Waals surface area (Å²) < 4.78 is 5.85. The van der Waals surface area contributed by atoms with Gasteiger partial charge in [-0.1, -0.05) is 48.5 Å². The Morgan fingerprint density at radius 1 is 0.917 bits per heavy atom. The van der Waals surface area contributed by atoms with Crippen LogP contribution in [0.15, 0.2) is 66.7 Å². The first-order valence-corrected chi connectivity index (χ1v) is 8.26. The van der Waals surface area contributed by atoms with Crippen molar-refractivity contribution >= 4 is 16.5 Å². The Hall–Kier alpha value is -2.56. The van der Waals surface area contributed by atoms with Crippen LogP contribution in [0.25, 0.3) is 10.8 Å². The molecule has 1 aliphatic heterocycles. The van der Waals surface area contributed by atoms with Crippen LogP contribution in [-0.4, -0.2) is 12.6 Å². The highest BCUT2D eigenvalue weighted by atomic mass is 16.5. The van der Waals surface area contributed by atoms with Gasteiger partial charge in [0.2, 0.25) is 0 Å². The van der Waals surface area contributed by atoms with Gasteiger partial charge in [-0.3, -0.25) is 5.43 Å². The summed E-state index contributed by atoms with van der Waals surface area (Å²) >= 11 is 0. The number of anilines is 1. The second-order valence-corrected chi connectivity index (χ2v) is 6.23. The van der Waals surface area contributed by atoms with Gasteiger partial charge >= 0.3 is 0 Å². The van der Waals surface area contributed by atoms with Crippen molar-refractivity contribution in [2.24, 2.45) is 0 Å². The van der Waals surface area contributed by atoms with Crippen molar-refractivity contribution in [1.82, 2.24) is 10.9 Å². The summed E-state index contributed by atoms with van der Waals surface area (Å²) in [6, 6.07) is 23.2. The third kappa shape index (κ3) is 3.07. The van der Waals surface area contributed by atoms with Gasteiger partial charge in [0.05, 0.1) is 11.7 Å². The molecule has 0 aromatic heterocycles. The highest BCUT2D eigenvalue weighted by molar-refractivity contribution is 5.83. The maximum atomic E-state index is 5.92. The van der Waals surface area contributed by atoms with Crippen LogP contribution >= 0.6 is 0 Å². The molecule has 4 heteroatoms. The van der Waals surface area contributed by atoms with Crippen molar-refractivity contribution in [3.05, 3.63) is 72.3 Å². The molecule has 0 spiro atoms. The lowest BCUT2D eigenvalue weighted by atomic mass is 9.99. The molecule has 0 radical (unpaired) electrons. The van der Waals surface area contributed by atoms with E-state index in [-0.39, 0.29) is 12.1 Å². The maximum Gasteiger partial charge on any atom is 0.142 e. The fraction of sp³-hybridized carbons (Fsp3) is 0.200. The van der Waals surface area contributed by atoms with Crippen molar-refractivity contribution in [1.29, 1.82) is 0 Å². The smallest absolute Gasteiger partial charge is 0.142 e. The molecule has 1 saturated heterocycles. The molecule has 3 aromatic carbocycles. The summed E-state index contributed by atoms with van der Waals surface area (Å²) in [4.78, 5) is 0. The molecular weight excluding hydrogens is 298 g/mol. The first kappa shape index (κ1) is 15.0. The quantitative estimate of drug-likeness (QED) is 0.645. The maximum absolute atomic E-state index is 5.92. The van der Waals surface area contributed by atoms with E-state index in [4.69, 9.17) is 10.5 Å². The number of rotatable bonds is 4. The fourth-order valence-electron chi connectivity index (χ4n) is 3.18. The second kappa shape index (κ2) is 6.51. The number of hydrogen-bond acceptors (Lipinski definition) is 4. The minimum absolute atomic E-state index is 0.251. The Bertz CT molecular complexity index is 849. The lowest BCUT2D eigenvalue weighted by molar-refractivity contribution is 0.274. The van der Waals surface area contributed by atoms with E-state index < -0.39 is 0 Å². The van der Waals surface area contributed by atoms with Crippen LogP contribution < -0.4 is 21.3 Å². The third-order valence-corrected chi connectivity index (χ3v) is 4.52. The lowest BCUT2D eigenvalue weighted by Gasteiger charge is -2.13. The van der Waals surface area contributed by atoms with Gasteiger partial charge in [0, 0.05) is 6.04 Å². The van der Waals surface area contributed by atoms with E-state index in [2.05, 4.69) is 53.3 Å². The number of hydrogen-bond donors (Lipinski definition) is 3. The van der Waals surface area contributed by atoms with Crippen LogP contribution in [0.5, 0.6) is 5.75 Å². The van der Waals surface area contributed by atoms with Gasteiger partial charge in [-0.2, -0.15) is 0 Å². The molecule has 0 aliphatic carbocycles. The van der Waals surface area contributed by atoms with Gasteiger partial charge in [-0.25, -0.2) is 5.43 Å². The van der Waals surface area contributed by atoms with E-state index in [1.807, 2.05) is 24.3 Å². The van der Waals surface area contributed by atoms with E-state index in [9.17, 15) is 0 Å². The number of nitrogens with one attached hydrogen (secondary N) is 2. The molecule has 4 N–H and O–H groups in total. The molecule has 1 heterocycles. The summed E-state index contributed by atoms with van der Waals surface area (Å²) in [6.45, 7) is 0.589. The Morgan fingerprint density at radius 3 is 2.58 bits per heavy atom. The SMILES string of the molecule is Nc1ccccc1OCC1CC(c2ccc3ccccc3c2)NN1. The molecule has 2 atom stereocenters. The van der Waals surface area contributed by atoms with E-state index in [0.717, 1.165) is 12.2 Å². The number of benzene rings is 3. The van der Waals surface area contributed by atoms with Crippen molar-refractivity contribution in [3.8, 4) is 5.75 Å². The zero-order chi connectivity index (χ0) is 16.4. The molecule has 4 nitrogen and oxygen atoms in total. The average molecular weight is 319 g/mol. The Kier molecular flexibility index (Phi) is 4.07. The molecule has 0 saturated carbocycles. The van der Waals surface area contributed by atoms with Crippen LogP contribution in [0.2, 0.25) is 0 Å². The van der Waals surface area contributed by atoms with Gasteiger partial charge in [-0.15, -0.1) is 0 Å². The van der Waals surface area contributed by atoms with Gasteiger partial charge in [0.1, 0.15) is 12.4 Å². The molecule has 0 amide bonds. The van der Waals surface area contributed by atoms with Crippen LogP contribution in [0.1, 0.15) is 18.0 Å². The molecule has 1 aliphatic rings. The molecule has 1 fully saturated rings. The first-order chi connectivity index (χ1) is 11.8. The molecule has 3 aromatic rings. The van der Waals surface area contributed by atoms with E-state index in [1.54, 1.807) is 0 Å². The van der Waals surface area contributed by atoms with Crippen molar-refractivity contribution < 1.29 is 4.74 Å². The summed E-state index contributed by atoms with van der Waals surface area (Å²) in [7, 11) is 0. The average Bonchev–Trinajstić information content (AvgIpc) is 3.10. The van der Waals surface area contributed by atoms with Crippen molar-refractivity contribution in [2.45, 2.75) is 18.5 Å².